The molecule has 0 saturated heterocycles. The average Bonchev–Trinajstić information content (AvgIpc) is 2.58. The van der Waals surface area contributed by atoms with Gasteiger partial charge in [0, 0.05) is 12.3 Å². The van der Waals surface area contributed by atoms with E-state index in [1.165, 1.54) is 20.3 Å². The third-order valence-electron chi connectivity index (χ3n) is 3.77. The number of rotatable bonds is 9. The first-order chi connectivity index (χ1) is 11.8. The summed E-state index contributed by atoms with van der Waals surface area (Å²) in [4.78, 5) is 24.7. The van der Waals surface area contributed by atoms with Crippen molar-refractivity contribution in [1.82, 2.24) is 0 Å². The lowest BCUT2D eigenvalue weighted by molar-refractivity contribution is -0.141. The maximum atomic E-state index is 12.8. The van der Waals surface area contributed by atoms with Crippen LogP contribution in [-0.4, -0.2) is 38.3 Å². The first-order valence-electron chi connectivity index (χ1n) is 8.49. The van der Waals surface area contributed by atoms with Gasteiger partial charge in [0.15, 0.2) is 0 Å². The van der Waals surface area contributed by atoms with Gasteiger partial charge in [-0.1, -0.05) is 20.8 Å². The molecular weight excluding hydrogens is 322 g/mol. The van der Waals surface area contributed by atoms with E-state index >= 15 is 0 Å². The van der Waals surface area contributed by atoms with E-state index in [9.17, 15) is 9.59 Å². The van der Waals surface area contributed by atoms with E-state index < -0.39 is 11.6 Å². The van der Waals surface area contributed by atoms with Crippen LogP contribution in [0.1, 0.15) is 50.9 Å². The molecule has 0 aromatic heterocycles. The summed E-state index contributed by atoms with van der Waals surface area (Å²) in [5.74, 6) is -0.0816. The fourth-order valence-electron chi connectivity index (χ4n) is 2.64. The molecule has 0 heterocycles. The molecule has 0 spiro atoms. The van der Waals surface area contributed by atoms with Gasteiger partial charge in [0.1, 0.15) is 16.9 Å². The highest BCUT2D eigenvalue weighted by Crippen LogP contribution is 2.27. The summed E-state index contributed by atoms with van der Waals surface area (Å²) in [7, 11) is 2.77. The number of anilines is 1. The van der Waals surface area contributed by atoms with Gasteiger partial charge in [0.05, 0.1) is 14.2 Å². The van der Waals surface area contributed by atoms with Crippen molar-refractivity contribution in [3.63, 3.8) is 0 Å². The second-order valence-corrected chi connectivity index (χ2v) is 6.54. The van der Waals surface area contributed by atoms with Crippen molar-refractivity contribution in [2.45, 2.75) is 46.1 Å². The van der Waals surface area contributed by atoms with Gasteiger partial charge in [0.25, 0.3) is 5.91 Å². The Morgan fingerprint density at radius 3 is 2.44 bits per heavy atom. The zero-order valence-corrected chi connectivity index (χ0v) is 16.0. The zero-order valence-electron chi connectivity index (χ0n) is 16.0. The fourth-order valence-corrected chi connectivity index (χ4v) is 2.64. The van der Waals surface area contributed by atoms with Crippen molar-refractivity contribution in [3.8, 4) is 5.75 Å². The lowest BCUT2D eigenvalue weighted by Gasteiger charge is -2.30. The molecule has 1 rings (SSSR count). The van der Waals surface area contributed by atoms with E-state index in [4.69, 9.17) is 14.2 Å². The van der Waals surface area contributed by atoms with Crippen LogP contribution in [0.4, 0.5) is 5.69 Å². The number of benzene rings is 1. The number of esters is 1. The highest BCUT2D eigenvalue weighted by atomic mass is 16.5. The Bertz CT molecular complexity index is 599. The minimum atomic E-state index is -0.935. The molecule has 1 aromatic carbocycles. The van der Waals surface area contributed by atoms with E-state index in [0.29, 0.717) is 30.4 Å². The Morgan fingerprint density at radius 2 is 1.92 bits per heavy atom. The Morgan fingerprint density at radius 1 is 1.24 bits per heavy atom. The van der Waals surface area contributed by atoms with Crippen LogP contribution in [0.2, 0.25) is 0 Å². The molecule has 0 aliphatic rings. The minimum Gasteiger partial charge on any atom is -0.496 e. The highest BCUT2D eigenvalue weighted by molar-refractivity contribution is 5.99. The van der Waals surface area contributed by atoms with Crippen molar-refractivity contribution in [2.24, 2.45) is 5.92 Å². The van der Waals surface area contributed by atoms with Crippen LogP contribution in [-0.2, 0) is 14.3 Å². The number of ether oxygens (including phenoxy) is 3. The summed E-state index contributed by atoms with van der Waals surface area (Å²) in [6, 6.07) is 4.84. The van der Waals surface area contributed by atoms with Crippen LogP contribution in [0.5, 0.6) is 5.75 Å². The number of methoxy groups -OCH3 is 2. The van der Waals surface area contributed by atoms with Gasteiger partial charge >= 0.3 is 5.97 Å². The molecule has 1 aromatic rings. The second-order valence-electron chi connectivity index (χ2n) is 6.54. The number of hydrogen-bond acceptors (Lipinski definition) is 5. The SMILES string of the molecule is CCCO[C@@](C)(CC(C)C)C(=O)Nc1ccc(OC)c(C(=O)OC)c1. The summed E-state index contributed by atoms with van der Waals surface area (Å²) in [6.45, 7) is 8.39. The Kier molecular flexibility index (Phi) is 7.90. The number of amides is 1. The molecule has 0 aliphatic heterocycles. The van der Waals surface area contributed by atoms with Crippen LogP contribution in [0, 0.1) is 5.92 Å². The molecule has 1 atom stereocenters. The molecular formula is C19H29NO5. The molecule has 0 aliphatic carbocycles. The third kappa shape index (κ3) is 5.74. The van der Waals surface area contributed by atoms with Gasteiger partial charge in [-0.05, 0) is 43.9 Å². The van der Waals surface area contributed by atoms with Gasteiger partial charge in [-0.2, -0.15) is 0 Å². The second kappa shape index (κ2) is 9.42. The first-order valence-corrected chi connectivity index (χ1v) is 8.49. The lowest BCUT2D eigenvalue weighted by Crippen LogP contribution is -2.44. The van der Waals surface area contributed by atoms with Gasteiger partial charge in [-0.25, -0.2) is 4.79 Å². The third-order valence-corrected chi connectivity index (χ3v) is 3.77. The van der Waals surface area contributed by atoms with Crippen molar-refractivity contribution in [2.75, 3.05) is 26.1 Å². The number of hydrogen-bond donors (Lipinski definition) is 1. The van der Waals surface area contributed by atoms with Crippen LogP contribution in [0.25, 0.3) is 0 Å². The van der Waals surface area contributed by atoms with E-state index in [-0.39, 0.29) is 11.5 Å². The van der Waals surface area contributed by atoms with Crippen molar-refractivity contribution in [1.29, 1.82) is 0 Å². The van der Waals surface area contributed by atoms with Gasteiger partial charge in [-0.3, -0.25) is 4.79 Å². The van der Waals surface area contributed by atoms with E-state index in [1.807, 2.05) is 20.8 Å². The monoisotopic (exact) mass is 351 g/mol. The lowest BCUT2D eigenvalue weighted by atomic mass is 9.93. The summed E-state index contributed by atoms with van der Waals surface area (Å²) in [5.41, 5.74) is -0.195. The molecule has 0 saturated carbocycles. The molecule has 25 heavy (non-hydrogen) atoms. The van der Waals surface area contributed by atoms with E-state index in [2.05, 4.69) is 5.32 Å². The fraction of sp³-hybridized carbons (Fsp3) is 0.579. The van der Waals surface area contributed by atoms with Crippen molar-refractivity contribution >= 4 is 17.6 Å². The van der Waals surface area contributed by atoms with Gasteiger partial charge in [-0.15, -0.1) is 0 Å². The smallest absolute Gasteiger partial charge is 0.341 e. The Balaban J connectivity index is 3.05. The highest BCUT2D eigenvalue weighted by Gasteiger charge is 2.35. The van der Waals surface area contributed by atoms with Crippen LogP contribution >= 0.6 is 0 Å². The Labute approximate surface area is 149 Å². The number of nitrogens with one attached hydrogen (secondary N) is 1. The number of carbonyl (C=O) groups excluding carboxylic acids is 2. The number of carbonyl (C=O) groups is 2. The molecule has 140 valence electrons. The maximum absolute atomic E-state index is 12.8. The van der Waals surface area contributed by atoms with E-state index in [1.54, 1.807) is 19.1 Å². The molecule has 0 unspecified atom stereocenters. The molecule has 6 nitrogen and oxygen atoms in total. The zero-order chi connectivity index (χ0) is 19.0. The summed E-state index contributed by atoms with van der Waals surface area (Å²) >= 11 is 0. The van der Waals surface area contributed by atoms with Crippen molar-refractivity contribution < 1.29 is 23.8 Å². The molecule has 0 fully saturated rings. The summed E-state index contributed by atoms with van der Waals surface area (Å²) < 4.78 is 15.8. The molecule has 0 bridgehead atoms. The summed E-state index contributed by atoms with van der Waals surface area (Å²) in [6.07, 6.45) is 1.43. The molecule has 6 heteroatoms. The predicted octanol–water partition coefficient (Wildman–Crippen LogP) is 3.65. The van der Waals surface area contributed by atoms with Gasteiger partial charge < -0.3 is 19.5 Å². The van der Waals surface area contributed by atoms with Gasteiger partial charge in [0.2, 0.25) is 0 Å². The Hall–Kier alpha value is -2.08. The average molecular weight is 351 g/mol. The normalized spacial score (nSPS) is 13.2. The predicted molar refractivity (Wildman–Crippen MR) is 97.1 cm³/mol. The standard InChI is InChI=1S/C19H29NO5/c1-7-10-25-19(4,12-13(2)3)18(22)20-14-8-9-16(23-5)15(11-14)17(21)24-6/h8-9,11,13H,7,10,12H2,1-6H3,(H,20,22)/t19-/m0/s1. The van der Waals surface area contributed by atoms with Crippen LogP contribution in [0.15, 0.2) is 18.2 Å². The topological polar surface area (TPSA) is 73.9 Å². The molecule has 0 radical (unpaired) electrons. The molecule has 1 N–H and O–H groups in total. The summed E-state index contributed by atoms with van der Waals surface area (Å²) in [5, 5.41) is 2.84. The molecule has 1 amide bonds. The minimum absolute atomic E-state index is 0.240. The van der Waals surface area contributed by atoms with Crippen LogP contribution in [0.3, 0.4) is 0 Å². The van der Waals surface area contributed by atoms with E-state index in [0.717, 1.165) is 6.42 Å². The van der Waals surface area contributed by atoms with Crippen molar-refractivity contribution in [3.05, 3.63) is 23.8 Å². The largest absolute Gasteiger partial charge is 0.496 e. The quantitative estimate of drug-likeness (QED) is 0.688. The first kappa shape index (κ1) is 21.0. The maximum Gasteiger partial charge on any atom is 0.341 e. The van der Waals surface area contributed by atoms with Crippen LogP contribution < -0.4 is 10.1 Å².